The minimum absolute atomic E-state index is 0.293. The van der Waals surface area contributed by atoms with Crippen molar-refractivity contribution in [1.82, 2.24) is 4.90 Å². The Morgan fingerprint density at radius 2 is 1.58 bits per heavy atom. The van der Waals surface area contributed by atoms with Crippen molar-refractivity contribution in [3.8, 4) is 0 Å². The molecule has 2 aromatic rings. The number of benzene rings is 2. The number of aliphatic hydroxyl groups excluding tert-OH is 3. The van der Waals surface area contributed by atoms with Crippen LogP contribution in [-0.4, -0.2) is 50.1 Å². The van der Waals surface area contributed by atoms with E-state index in [0.717, 1.165) is 4.90 Å². The molecule has 4 atom stereocenters. The summed E-state index contributed by atoms with van der Waals surface area (Å²) in [5.41, 5.74) is -1.28. The molecule has 6 heteroatoms. The van der Waals surface area contributed by atoms with Gasteiger partial charge < -0.3 is 25.3 Å². The number of amides is 1. The Kier molecular flexibility index (Phi) is 4.38. The third-order valence-electron chi connectivity index (χ3n) is 4.55. The second-order valence-corrected chi connectivity index (χ2v) is 5.84. The molecular weight excluding hydrogens is 310 g/mol. The van der Waals surface area contributed by atoms with E-state index in [1.54, 1.807) is 60.7 Å². The topological polar surface area (TPSA) is 101 Å². The molecule has 0 aromatic heterocycles. The van der Waals surface area contributed by atoms with Crippen molar-refractivity contribution in [3.05, 3.63) is 71.8 Å². The molecule has 0 spiro atoms. The van der Waals surface area contributed by atoms with E-state index in [1.807, 2.05) is 0 Å². The second kappa shape index (κ2) is 6.33. The molecule has 24 heavy (non-hydrogen) atoms. The summed E-state index contributed by atoms with van der Waals surface area (Å²) in [6, 6.07) is 15.5. The van der Waals surface area contributed by atoms with Gasteiger partial charge in [-0.2, -0.15) is 0 Å². The summed E-state index contributed by atoms with van der Waals surface area (Å²) in [5.74, 6) is -0.830. The molecule has 3 rings (SSSR count). The number of nitrogens with zero attached hydrogens (tertiary/aromatic N) is 1. The van der Waals surface area contributed by atoms with Crippen LogP contribution < -0.4 is 0 Å². The highest BCUT2D eigenvalue weighted by molar-refractivity contribution is 5.86. The molecule has 6 nitrogen and oxygen atoms in total. The van der Waals surface area contributed by atoms with Crippen molar-refractivity contribution in [2.75, 3.05) is 6.73 Å². The van der Waals surface area contributed by atoms with Crippen molar-refractivity contribution in [2.45, 2.75) is 23.9 Å². The van der Waals surface area contributed by atoms with Gasteiger partial charge >= 0.3 is 0 Å². The minimum atomic E-state index is -2.05. The minimum Gasteiger partial charge on any atom is -0.386 e. The van der Waals surface area contributed by atoms with Gasteiger partial charge in [-0.05, 0) is 11.1 Å². The molecule has 4 N–H and O–H groups in total. The van der Waals surface area contributed by atoms with Gasteiger partial charge in [0.15, 0.2) is 6.10 Å². The number of carbonyl (C=O) groups is 1. The molecule has 1 fully saturated rings. The number of hydrogen-bond donors (Lipinski definition) is 4. The van der Waals surface area contributed by atoms with Crippen LogP contribution >= 0.6 is 0 Å². The third-order valence-corrected chi connectivity index (χ3v) is 4.55. The number of likely N-dealkylation sites (tertiary alicyclic amines) is 1. The Morgan fingerprint density at radius 3 is 2.12 bits per heavy atom. The molecule has 0 saturated carbocycles. The first kappa shape index (κ1) is 16.6. The Labute approximate surface area is 139 Å². The number of aliphatic hydroxyl groups is 4. The highest BCUT2D eigenvalue weighted by Crippen LogP contribution is 2.44. The lowest BCUT2D eigenvalue weighted by atomic mass is 9.80. The molecule has 126 valence electrons. The second-order valence-electron chi connectivity index (χ2n) is 5.84. The number of carbonyl (C=O) groups excluding carboxylic acids is 1. The molecule has 1 aliphatic rings. The molecule has 2 aromatic carbocycles. The summed E-state index contributed by atoms with van der Waals surface area (Å²) in [7, 11) is 0. The van der Waals surface area contributed by atoms with Gasteiger partial charge in [-0.25, -0.2) is 0 Å². The van der Waals surface area contributed by atoms with Gasteiger partial charge in [0.1, 0.15) is 24.5 Å². The molecule has 1 saturated heterocycles. The Morgan fingerprint density at radius 1 is 1.04 bits per heavy atom. The average molecular weight is 329 g/mol. The first-order chi connectivity index (χ1) is 11.5. The van der Waals surface area contributed by atoms with Crippen LogP contribution in [0.1, 0.15) is 17.2 Å². The van der Waals surface area contributed by atoms with Crippen molar-refractivity contribution < 1.29 is 25.2 Å². The Hall–Kier alpha value is -2.25. The largest absolute Gasteiger partial charge is 0.386 e. The molecule has 0 bridgehead atoms. The van der Waals surface area contributed by atoms with Gasteiger partial charge in [0.25, 0.3) is 5.91 Å². The van der Waals surface area contributed by atoms with Crippen LogP contribution in [-0.2, 0) is 10.4 Å². The summed E-state index contributed by atoms with van der Waals surface area (Å²) >= 11 is 0. The molecule has 0 unspecified atom stereocenters. The zero-order valence-corrected chi connectivity index (χ0v) is 12.9. The smallest absolute Gasteiger partial charge is 0.257 e. The highest BCUT2D eigenvalue weighted by Gasteiger charge is 2.61. The first-order valence-electron chi connectivity index (χ1n) is 7.62. The van der Waals surface area contributed by atoms with E-state index in [-0.39, 0.29) is 0 Å². The van der Waals surface area contributed by atoms with E-state index in [0.29, 0.717) is 11.1 Å². The predicted molar refractivity (Wildman–Crippen MR) is 85.5 cm³/mol. The van der Waals surface area contributed by atoms with Crippen LogP contribution in [0.5, 0.6) is 0 Å². The van der Waals surface area contributed by atoms with E-state index >= 15 is 0 Å². The predicted octanol–water partition coefficient (Wildman–Crippen LogP) is 0.129. The van der Waals surface area contributed by atoms with Crippen LogP contribution in [0.4, 0.5) is 0 Å². The normalized spacial score (nSPS) is 28.2. The number of hydrogen-bond acceptors (Lipinski definition) is 5. The van der Waals surface area contributed by atoms with Gasteiger partial charge in [0.05, 0.1) is 0 Å². The summed E-state index contributed by atoms with van der Waals surface area (Å²) < 4.78 is 0. The molecule has 1 amide bonds. The molecule has 0 radical (unpaired) electrons. The summed E-state index contributed by atoms with van der Waals surface area (Å²) in [5, 5.41) is 41.9. The zero-order chi connectivity index (χ0) is 17.3. The fourth-order valence-electron chi connectivity index (χ4n) is 3.32. The van der Waals surface area contributed by atoms with E-state index in [4.69, 9.17) is 0 Å². The fourth-order valence-corrected chi connectivity index (χ4v) is 3.32. The monoisotopic (exact) mass is 329 g/mol. The molecule has 0 aliphatic carbocycles. The van der Waals surface area contributed by atoms with E-state index < -0.39 is 36.5 Å². The first-order valence-corrected chi connectivity index (χ1v) is 7.62. The molecule has 1 aliphatic heterocycles. The lowest BCUT2D eigenvalue weighted by Gasteiger charge is -2.37. The van der Waals surface area contributed by atoms with Crippen molar-refractivity contribution in [3.63, 3.8) is 0 Å². The summed E-state index contributed by atoms with van der Waals surface area (Å²) in [4.78, 5) is 13.2. The van der Waals surface area contributed by atoms with Crippen LogP contribution in [0.25, 0.3) is 0 Å². The zero-order valence-electron chi connectivity index (χ0n) is 12.9. The van der Waals surface area contributed by atoms with Crippen molar-refractivity contribution in [1.29, 1.82) is 0 Å². The van der Waals surface area contributed by atoms with Crippen LogP contribution in [0.2, 0.25) is 0 Å². The Bertz CT molecular complexity index is 708. The summed E-state index contributed by atoms with van der Waals surface area (Å²) in [6.07, 6.45) is -3.07. The SMILES string of the molecule is O=C1[C@@H](O)[C@](O)(c2ccccc2)[C@H]([C@H](O)c2ccccc2)N1CO. The van der Waals surface area contributed by atoms with Crippen molar-refractivity contribution >= 4 is 5.91 Å². The van der Waals surface area contributed by atoms with Gasteiger partial charge in [-0.3, -0.25) is 4.79 Å². The maximum Gasteiger partial charge on any atom is 0.257 e. The average Bonchev–Trinajstić information content (AvgIpc) is 2.84. The standard InChI is InChI=1S/C18H19NO5/c20-11-19-15(14(21)12-7-3-1-4-8-12)18(24,16(22)17(19)23)13-9-5-2-6-10-13/h1-10,14-16,20-22,24H,11H2/t14-,15+,16-,18+/m1/s1. The highest BCUT2D eigenvalue weighted by atomic mass is 16.4. The molecule has 1 heterocycles. The number of rotatable bonds is 4. The van der Waals surface area contributed by atoms with Crippen LogP contribution in [0, 0.1) is 0 Å². The maximum absolute atomic E-state index is 12.3. The van der Waals surface area contributed by atoms with E-state index in [9.17, 15) is 25.2 Å². The fraction of sp³-hybridized carbons (Fsp3) is 0.278. The summed E-state index contributed by atoms with van der Waals surface area (Å²) in [6.45, 7) is -0.723. The Balaban J connectivity index is 2.12. The van der Waals surface area contributed by atoms with E-state index in [2.05, 4.69) is 0 Å². The van der Waals surface area contributed by atoms with Gasteiger partial charge in [0.2, 0.25) is 0 Å². The van der Waals surface area contributed by atoms with Gasteiger partial charge in [-0.15, -0.1) is 0 Å². The van der Waals surface area contributed by atoms with Crippen molar-refractivity contribution in [2.24, 2.45) is 0 Å². The lowest BCUT2D eigenvalue weighted by molar-refractivity contribution is -0.141. The van der Waals surface area contributed by atoms with E-state index in [1.165, 1.54) is 0 Å². The van der Waals surface area contributed by atoms with Crippen LogP contribution in [0.15, 0.2) is 60.7 Å². The maximum atomic E-state index is 12.3. The van der Waals surface area contributed by atoms with Gasteiger partial charge in [0, 0.05) is 0 Å². The quantitative estimate of drug-likeness (QED) is 0.639. The lowest BCUT2D eigenvalue weighted by Crippen LogP contribution is -2.50. The van der Waals surface area contributed by atoms with Crippen LogP contribution in [0.3, 0.4) is 0 Å². The third kappa shape index (κ3) is 2.40. The molecular formula is C18H19NO5. The van der Waals surface area contributed by atoms with Gasteiger partial charge in [-0.1, -0.05) is 60.7 Å².